The first-order valence-corrected chi connectivity index (χ1v) is 8.26. The first kappa shape index (κ1) is 20.2. The number of ether oxygens (including phenoxy) is 1. The van der Waals surface area contributed by atoms with Crippen molar-refractivity contribution in [1.29, 1.82) is 0 Å². The summed E-state index contributed by atoms with van der Waals surface area (Å²) < 4.78 is 62.7. The summed E-state index contributed by atoms with van der Waals surface area (Å²) in [4.78, 5) is 12.4. The molecule has 2 aromatic rings. The Morgan fingerprint density at radius 2 is 1.93 bits per heavy atom. The maximum atomic E-state index is 13.2. The maximum absolute atomic E-state index is 13.2. The van der Waals surface area contributed by atoms with Crippen LogP contribution in [0.25, 0.3) is 0 Å². The van der Waals surface area contributed by atoms with Gasteiger partial charge in [0.1, 0.15) is 23.8 Å². The number of aliphatic hydroxyl groups is 1. The van der Waals surface area contributed by atoms with Crippen molar-refractivity contribution in [2.45, 2.75) is 31.6 Å². The third kappa shape index (κ3) is 3.97. The third-order valence-electron chi connectivity index (χ3n) is 3.90. The molecular formula is C17H13ClF4N2O4. The standard InChI is InChI=1S/C17H13ClF4N2O4/c18-9-1-3-10(4-2-9)27-8-11-5-6-13(28-11)15(25)24-17(26,16(21)22)7-12(23-24)14(19)20/h1-6,14,16,26H,7-8H2/t17-/m1/s1. The van der Waals surface area contributed by atoms with E-state index in [0.29, 0.717) is 10.8 Å². The lowest BCUT2D eigenvalue weighted by atomic mass is 10.1. The summed E-state index contributed by atoms with van der Waals surface area (Å²) in [5.41, 5.74) is -4.19. The predicted octanol–water partition coefficient (Wildman–Crippen LogP) is 3.93. The van der Waals surface area contributed by atoms with E-state index in [0.717, 1.165) is 6.07 Å². The number of furan rings is 1. The van der Waals surface area contributed by atoms with Crippen molar-refractivity contribution in [1.82, 2.24) is 5.01 Å². The number of hydrazone groups is 1. The fourth-order valence-corrected chi connectivity index (χ4v) is 2.59. The molecule has 1 amide bonds. The minimum absolute atomic E-state index is 0.0676. The number of nitrogens with zero attached hydrogens (tertiary/aromatic N) is 2. The summed E-state index contributed by atoms with van der Waals surface area (Å²) in [6, 6.07) is 8.90. The summed E-state index contributed by atoms with van der Waals surface area (Å²) in [7, 11) is 0. The minimum Gasteiger partial charge on any atom is -0.486 e. The van der Waals surface area contributed by atoms with Gasteiger partial charge in [-0.1, -0.05) is 11.6 Å². The van der Waals surface area contributed by atoms with E-state index < -0.39 is 42.4 Å². The van der Waals surface area contributed by atoms with Gasteiger partial charge < -0.3 is 14.3 Å². The van der Waals surface area contributed by atoms with E-state index in [9.17, 15) is 27.5 Å². The van der Waals surface area contributed by atoms with Crippen LogP contribution in [0.2, 0.25) is 5.02 Å². The fraction of sp³-hybridized carbons (Fsp3) is 0.294. The summed E-state index contributed by atoms with van der Waals surface area (Å²) in [5.74, 6) is -1.12. The Bertz CT molecular complexity index is 888. The fourth-order valence-electron chi connectivity index (χ4n) is 2.46. The Morgan fingerprint density at radius 1 is 1.25 bits per heavy atom. The van der Waals surface area contributed by atoms with E-state index in [1.807, 2.05) is 0 Å². The van der Waals surface area contributed by atoms with E-state index in [2.05, 4.69) is 5.10 Å². The lowest BCUT2D eigenvalue weighted by Crippen LogP contribution is -2.51. The minimum atomic E-state index is -3.51. The van der Waals surface area contributed by atoms with Gasteiger partial charge in [-0.2, -0.15) is 10.1 Å². The highest BCUT2D eigenvalue weighted by Gasteiger charge is 2.53. The van der Waals surface area contributed by atoms with Crippen LogP contribution in [0.1, 0.15) is 22.7 Å². The lowest BCUT2D eigenvalue weighted by molar-refractivity contribution is -0.164. The molecule has 1 atom stereocenters. The van der Waals surface area contributed by atoms with Crippen LogP contribution in [0, 0.1) is 0 Å². The summed E-state index contributed by atoms with van der Waals surface area (Å²) in [6.07, 6.45) is -7.87. The van der Waals surface area contributed by atoms with E-state index >= 15 is 0 Å². The molecule has 28 heavy (non-hydrogen) atoms. The van der Waals surface area contributed by atoms with Crippen molar-refractivity contribution in [2.75, 3.05) is 0 Å². The molecule has 1 aliphatic rings. The monoisotopic (exact) mass is 420 g/mol. The molecule has 0 fully saturated rings. The molecule has 2 heterocycles. The van der Waals surface area contributed by atoms with Gasteiger partial charge in [-0.25, -0.2) is 17.6 Å². The van der Waals surface area contributed by atoms with Gasteiger partial charge in [0.25, 0.3) is 12.9 Å². The highest BCUT2D eigenvalue weighted by atomic mass is 35.5. The second-order valence-corrected chi connectivity index (χ2v) is 6.31. The molecule has 0 saturated heterocycles. The zero-order valence-corrected chi connectivity index (χ0v) is 14.7. The molecule has 0 aliphatic carbocycles. The topological polar surface area (TPSA) is 75.3 Å². The van der Waals surface area contributed by atoms with Gasteiger partial charge in [-0.05, 0) is 36.4 Å². The van der Waals surface area contributed by atoms with Crippen molar-refractivity contribution >= 4 is 23.2 Å². The lowest BCUT2D eigenvalue weighted by Gasteiger charge is -2.29. The van der Waals surface area contributed by atoms with Crippen molar-refractivity contribution in [3.05, 3.63) is 52.9 Å². The Balaban J connectivity index is 1.74. The molecule has 150 valence electrons. The Kier molecular flexibility index (Phi) is 5.61. The van der Waals surface area contributed by atoms with Gasteiger partial charge in [0.05, 0.1) is 0 Å². The molecule has 0 bridgehead atoms. The number of halogens is 5. The third-order valence-corrected chi connectivity index (χ3v) is 4.15. The number of alkyl halides is 4. The van der Waals surface area contributed by atoms with Gasteiger partial charge in [-0.15, -0.1) is 0 Å². The van der Waals surface area contributed by atoms with E-state index in [1.165, 1.54) is 6.07 Å². The molecular weight excluding hydrogens is 408 g/mol. The zero-order valence-electron chi connectivity index (χ0n) is 14.0. The van der Waals surface area contributed by atoms with Gasteiger partial charge in [0.15, 0.2) is 5.76 Å². The number of rotatable bonds is 6. The number of carbonyl (C=O) groups is 1. The maximum Gasteiger partial charge on any atom is 0.312 e. The SMILES string of the molecule is O=C(c1ccc(COc2ccc(Cl)cc2)o1)N1N=C(C(F)F)C[C@@]1(O)C(F)F. The first-order valence-electron chi connectivity index (χ1n) is 7.88. The molecule has 3 rings (SSSR count). The van der Waals surface area contributed by atoms with Crippen molar-refractivity contribution in [3.8, 4) is 5.75 Å². The average molecular weight is 421 g/mol. The van der Waals surface area contributed by atoms with Gasteiger partial charge in [0, 0.05) is 11.4 Å². The van der Waals surface area contributed by atoms with Crippen LogP contribution in [-0.4, -0.2) is 40.3 Å². The molecule has 0 radical (unpaired) electrons. The van der Waals surface area contributed by atoms with Crippen molar-refractivity contribution in [3.63, 3.8) is 0 Å². The van der Waals surface area contributed by atoms with Gasteiger partial charge in [0.2, 0.25) is 5.72 Å². The van der Waals surface area contributed by atoms with Crippen molar-refractivity contribution < 1.29 is 36.6 Å². The molecule has 1 N–H and O–H groups in total. The Hall–Kier alpha value is -2.59. The molecule has 0 saturated carbocycles. The molecule has 6 nitrogen and oxygen atoms in total. The Morgan fingerprint density at radius 3 is 2.54 bits per heavy atom. The predicted molar refractivity (Wildman–Crippen MR) is 89.7 cm³/mol. The van der Waals surface area contributed by atoms with Crippen LogP contribution in [0.5, 0.6) is 5.75 Å². The summed E-state index contributed by atoms with van der Waals surface area (Å²) in [5, 5.41) is 13.6. The smallest absolute Gasteiger partial charge is 0.312 e. The molecule has 0 spiro atoms. The van der Waals surface area contributed by atoms with E-state index in [4.69, 9.17) is 20.8 Å². The van der Waals surface area contributed by atoms with Gasteiger partial charge >= 0.3 is 5.91 Å². The molecule has 11 heteroatoms. The molecule has 1 aromatic heterocycles. The number of carbonyl (C=O) groups excluding carboxylic acids is 1. The van der Waals surface area contributed by atoms with Crippen LogP contribution in [0.3, 0.4) is 0 Å². The second kappa shape index (κ2) is 7.80. The Labute approximate surface area is 160 Å². The molecule has 1 aliphatic heterocycles. The normalized spacial score (nSPS) is 19.4. The van der Waals surface area contributed by atoms with Crippen LogP contribution in [0.15, 0.2) is 45.9 Å². The van der Waals surface area contributed by atoms with Crippen LogP contribution >= 0.6 is 11.6 Å². The number of hydrogen-bond acceptors (Lipinski definition) is 5. The van der Waals surface area contributed by atoms with Crippen molar-refractivity contribution in [2.24, 2.45) is 5.10 Å². The highest BCUT2D eigenvalue weighted by Crippen LogP contribution is 2.34. The van der Waals surface area contributed by atoms with Crippen LogP contribution < -0.4 is 4.74 Å². The van der Waals surface area contributed by atoms with Gasteiger partial charge in [-0.3, -0.25) is 4.79 Å². The molecule has 1 aromatic carbocycles. The zero-order chi connectivity index (χ0) is 20.5. The van der Waals surface area contributed by atoms with Crippen LogP contribution in [0.4, 0.5) is 17.6 Å². The number of benzene rings is 1. The first-order chi connectivity index (χ1) is 13.2. The highest BCUT2D eigenvalue weighted by molar-refractivity contribution is 6.30. The average Bonchev–Trinajstić information content (AvgIpc) is 3.26. The van der Waals surface area contributed by atoms with E-state index in [-0.39, 0.29) is 17.4 Å². The quantitative estimate of drug-likeness (QED) is 0.718. The summed E-state index contributed by atoms with van der Waals surface area (Å²) in [6.45, 7) is -0.0976. The second-order valence-electron chi connectivity index (χ2n) is 5.87. The largest absolute Gasteiger partial charge is 0.486 e. The van der Waals surface area contributed by atoms with E-state index in [1.54, 1.807) is 24.3 Å². The number of amides is 1. The number of hydrogen-bond donors (Lipinski definition) is 1. The van der Waals surface area contributed by atoms with Crippen LogP contribution in [-0.2, 0) is 6.61 Å². The summed E-state index contributed by atoms with van der Waals surface area (Å²) >= 11 is 5.76. The molecule has 0 unspecified atom stereocenters.